The van der Waals surface area contributed by atoms with Crippen molar-refractivity contribution >= 4 is 11.9 Å². The van der Waals surface area contributed by atoms with Crippen molar-refractivity contribution in [1.29, 1.82) is 0 Å². The van der Waals surface area contributed by atoms with E-state index in [0.717, 1.165) is 5.56 Å². The Labute approximate surface area is 147 Å². The number of hydrogen-bond acceptors (Lipinski definition) is 6. The molecule has 0 aromatic heterocycles. The average molecular weight is 355 g/mol. The predicted molar refractivity (Wildman–Crippen MR) is 89.2 cm³/mol. The lowest BCUT2D eigenvalue weighted by molar-refractivity contribution is -0.143. The van der Waals surface area contributed by atoms with Crippen LogP contribution < -0.4 is 5.32 Å². The smallest absolute Gasteiger partial charge is 0.329 e. The van der Waals surface area contributed by atoms with E-state index in [1.165, 1.54) is 0 Å². The molecule has 2 N–H and O–H groups in total. The number of ether oxygens (including phenoxy) is 4. The lowest BCUT2D eigenvalue weighted by Crippen LogP contribution is -2.31. The molecule has 1 aromatic carbocycles. The van der Waals surface area contributed by atoms with Crippen molar-refractivity contribution in [2.75, 3.05) is 52.8 Å². The molecule has 1 rings (SSSR count). The van der Waals surface area contributed by atoms with Gasteiger partial charge in [-0.05, 0) is 5.56 Å². The van der Waals surface area contributed by atoms with Crippen LogP contribution in [0.5, 0.6) is 0 Å². The third-order valence-electron chi connectivity index (χ3n) is 2.88. The van der Waals surface area contributed by atoms with Crippen LogP contribution in [0.3, 0.4) is 0 Å². The molecule has 0 aliphatic carbocycles. The topological polar surface area (TPSA) is 103 Å². The van der Waals surface area contributed by atoms with Crippen LogP contribution in [-0.4, -0.2) is 69.8 Å². The molecule has 0 saturated carbocycles. The monoisotopic (exact) mass is 355 g/mol. The first-order valence-corrected chi connectivity index (χ1v) is 8.02. The summed E-state index contributed by atoms with van der Waals surface area (Å²) in [5, 5.41) is 10.9. The van der Waals surface area contributed by atoms with Gasteiger partial charge in [0.15, 0.2) is 0 Å². The minimum atomic E-state index is -1.11. The van der Waals surface area contributed by atoms with Gasteiger partial charge in [0.1, 0.15) is 13.2 Å². The number of aliphatic carboxylic acids is 1. The summed E-state index contributed by atoms with van der Waals surface area (Å²) in [4.78, 5) is 21.4. The van der Waals surface area contributed by atoms with E-state index in [4.69, 9.17) is 19.3 Å². The van der Waals surface area contributed by atoms with Gasteiger partial charge in [0.25, 0.3) is 0 Å². The standard InChI is InChI=1S/C17H25NO7/c19-16(13-25-14-17(20)21)18-6-7-22-8-9-23-10-11-24-12-15-4-2-1-3-5-15/h1-5H,6-14H2,(H,18,19)(H,20,21). The molecule has 0 saturated heterocycles. The highest BCUT2D eigenvalue weighted by atomic mass is 16.5. The molecular weight excluding hydrogens is 330 g/mol. The van der Waals surface area contributed by atoms with Crippen LogP contribution in [0.15, 0.2) is 30.3 Å². The van der Waals surface area contributed by atoms with Crippen molar-refractivity contribution in [2.45, 2.75) is 6.61 Å². The zero-order chi connectivity index (χ0) is 18.2. The lowest BCUT2D eigenvalue weighted by Gasteiger charge is -2.08. The highest BCUT2D eigenvalue weighted by molar-refractivity contribution is 5.77. The molecule has 0 unspecified atom stereocenters. The summed E-state index contributed by atoms with van der Waals surface area (Å²) < 4.78 is 20.8. The Balaban J connectivity index is 1.80. The van der Waals surface area contributed by atoms with Crippen LogP contribution in [0.2, 0.25) is 0 Å². The van der Waals surface area contributed by atoms with Crippen molar-refractivity contribution in [3.05, 3.63) is 35.9 Å². The highest BCUT2D eigenvalue weighted by Gasteiger charge is 2.02. The Kier molecular flexibility index (Phi) is 12.1. The summed E-state index contributed by atoms with van der Waals surface area (Å²) in [7, 11) is 0. The molecule has 0 atom stereocenters. The van der Waals surface area contributed by atoms with Gasteiger partial charge in [-0.15, -0.1) is 0 Å². The van der Waals surface area contributed by atoms with Crippen molar-refractivity contribution in [3.8, 4) is 0 Å². The number of carboxylic acid groups (broad SMARTS) is 1. The number of nitrogens with one attached hydrogen (secondary N) is 1. The van der Waals surface area contributed by atoms with E-state index in [9.17, 15) is 9.59 Å². The second-order valence-corrected chi connectivity index (χ2v) is 5.00. The Bertz CT molecular complexity index is 481. The molecule has 0 heterocycles. The summed E-state index contributed by atoms with van der Waals surface area (Å²) in [5.41, 5.74) is 1.13. The minimum absolute atomic E-state index is 0.279. The zero-order valence-corrected chi connectivity index (χ0v) is 14.1. The quantitative estimate of drug-likeness (QED) is 0.440. The Morgan fingerprint density at radius 2 is 1.48 bits per heavy atom. The van der Waals surface area contributed by atoms with Crippen LogP contribution in [0, 0.1) is 0 Å². The number of amides is 1. The normalized spacial score (nSPS) is 10.6. The predicted octanol–water partition coefficient (Wildman–Crippen LogP) is 0.454. The molecule has 140 valence electrons. The van der Waals surface area contributed by atoms with Crippen LogP contribution in [0.4, 0.5) is 0 Å². The third kappa shape index (κ3) is 13.0. The maximum Gasteiger partial charge on any atom is 0.329 e. The van der Waals surface area contributed by atoms with Gasteiger partial charge in [-0.1, -0.05) is 30.3 Å². The van der Waals surface area contributed by atoms with E-state index < -0.39 is 12.6 Å². The van der Waals surface area contributed by atoms with Gasteiger partial charge in [-0.25, -0.2) is 4.79 Å². The van der Waals surface area contributed by atoms with Gasteiger partial charge < -0.3 is 29.4 Å². The van der Waals surface area contributed by atoms with E-state index in [2.05, 4.69) is 10.1 Å². The van der Waals surface area contributed by atoms with Crippen LogP contribution >= 0.6 is 0 Å². The number of benzene rings is 1. The van der Waals surface area contributed by atoms with Crippen molar-refractivity contribution in [2.24, 2.45) is 0 Å². The molecule has 8 nitrogen and oxygen atoms in total. The molecule has 0 aliphatic rings. The molecule has 0 spiro atoms. The molecule has 0 bridgehead atoms. The first kappa shape index (κ1) is 21.0. The first-order chi connectivity index (χ1) is 12.2. The van der Waals surface area contributed by atoms with Gasteiger partial charge in [0, 0.05) is 6.54 Å². The van der Waals surface area contributed by atoms with Gasteiger partial charge in [0.2, 0.25) is 5.91 Å². The Morgan fingerprint density at radius 3 is 2.16 bits per heavy atom. The zero-order valence-electron chi connectivity index (χ0n) is 14.1. The van der Waals surface area contributed by atoms with Crippen molar-refractivity contribution in [1.82, 2.24) is 5.32 Å². The van der Waals surface area contributed by atoms with Crippen LogP contribution in [0.1, 0.15) is 5.56 Å². The van der Waals surface area contributed by atoms with Crippen LogP contribution in [0.25, 0.3) is 0 Å². The molecule has 0 radical (unpaired) electrons. The average Bonchev–Trinajstić information content (AvgIpc) is 2.60. The largest absolute Gasteiger partial charge is 0.480 e. The summed E-state index contributed by atoms with van der Waals surface area (Å²) in [5.74, 6) is -1.49. The maximum atomic E-state index is 11.2. The molecule has 25 heavy (non-hydrogen) atoms. The van der Waals surface area contributed by atoms with Gasteiger partial charge >= 0.3 is 5.97 Å². The number of carbonyl (C=O) groups excluding carboxylic acids is 1. The SMILES string of the molecule is O=C(O)COCC(=O)NCCOCCOCCOCc1ccccc1. The van der Waals surface area contributed by atoms with E-state index in [0.29, 0.717) is 46.2 Å². The fourth-order valence-electron chi connectivity index (χ4n) is 1.75. The van der Waals surface area contributed by atoms with Gasteiger partial charge in [-0.2, -0.15) is 0 Å². The third-order valence-corrected chi connectivity index (χ3v) is 2.88. The second-order valence-electron chi connectivity index (χ2n) is 5.00. The number of carboxylic acids is 1. The minimum Gasteiger partial charge on any atom is -0.480 e. The summed E-state index contributed by atoms with van der Waals surface area (Å²) >= 11 is 0. The molecule has 1 aromatic rings. The Hall–Kier alpha value is -2.00. The maximum absolute atomic E-state index is 11.2. The van der Waals surface area contributed by atoms with Crippen molar-refractivity contribution < 1.29 is 33.6 Å². The number of carbonyl (C=O) groups is 2. The summed E-state index contributed by atoms with van der Waals surface area (Å²) in [6.07, 6.45) is 0. The van der Waals surface area contributed by atoms with Gasteiger partial charge in [0.05, 0.1) is 39.6 Å². The second kappa shape index (κ2) is 14.4. The van der Waals surface area contributed by atoms with E-state index in [1.54, 1.807) is 0 Å². The molecular formula is C17H25NO7. The fraction of sp³-hybridized carbons (Fsp3) is 0.529. The number of rotatable bonds is 15. The molecule has 0 aliphatic heterocycles. The van der Waals surface area contributed by atoms with E-state index in [-0.39, 0.29) is 12.5 Å². The summed E-state index contributed by atoms with van der Waals surface area (Å²) in [6, 6.07) is 9.92. The fourth-order valence-corrected chi connectivity index (χ4v) is 1.75. The summed E-state index contributed by atoms with van der Waals surface area (Å²) in [6.45, 7) is 2.35. The highest BCUT2D eigenvalue weighted by Crippen LogP contribution is 1.99. The number of hydrogen-bond donors (Lipinski definition) is 2. The van der Waals surface area contributed by atoms with Gasteiger partial charge in [-0.3, -0.25) is 4.79 Å². The molecule has 0 fully saturated rings. The van der Waals surface area contributed by atoms with E-state index >= 15 is 0 Å². The lowest BCUT2D eigenvalue weighted by atomic mass is 10.2. The van der Waals surface area contributed by atoms with Crippen molar-refractivity contribution in [3.63, 3.8) is 0 Å². The first-order valence-electron chi connectivity index (χ1n) is 8.02. The van der Waals surface area contributed by atoms with Crippen LogP contribution in [-0.2, 0) is 35.1 Å². The Morgan fingerprint density at radius 1 is 0.840 bits per heavy atom. The molecule has 8 heteroatoms. The van der Waals surface area contributed by atoms with E-state index in [1.807, 2.05) is 30.3 Å². The molecule has 1 amide bonds.